The van der Waals surface area contributed by atoms with Crippen molar-refractivity contribution < 1.29 is 9.90 Å². The van der Waals surface area contributed by atoms with E-state index in [0.29, 0.717) is 11.6 Å². The van der Waals surface area contributed by atoms with Crippen LogP contribution in [0.3, 0.4) is 0 Å². The van der Waals surface area contributed by atoms with Gasteiger partial charge in [-0.3, -0.25) is 0 Å². The van der Waals surface area contributed by atoms with Crippen molar-refractivity contribution in [3.05, 3.63) is 47.0 Å². The van der Waals surface area contributed by atoms with Crippen LogP contribution < -0.4 is 5.11 Å². The molecule has 6 heteroatoms. The number of carboxylic acids is 1. The van der Waals surface area contributed by atoms with Gasteiger partial charge in [0.05, 0.1) is 12.2 Å². The number of benzene rings is 1. The van der Waals surface area contributed by atoms with E-state index in [1.807, 2.05) is 0 Å². The monoisotopic (exact) mass is 243 g/mol. The molecule has 1 aromatic heterocycles. The summed E-state index contributed by atoms with van der Waals surface area (Å²) < 4.78 is 1.60. The number of hydrogen-bond donors (Lipinski definition) is 0. The number of aryl methyl sites for hydroxylation is 2. The molecule has 92 valence electrons. The van der Waals surface area contributed by atoms with Gasteiger partial charge in [0.2, 0.25) is 0 Å². The molecule has 1 heterocycles. The highest BCUT2D eigenvalue weighted by molar-refractivity contribution is 5.87. The van der Waals surface area contributed by atoms with Gasteiger partial charge in [-0.1, -0.05) is 24.3 Å². The maximum Gasteiger partial charge on any atom is 0.151 e. The molecular formula is C12H11N4O2-. The smallest absolute Gasteiger partial charge is 0.151 e. The van der Waals surface area contributed by atoms with E-state index in [-0.39, 0.29) is 5.56 Å². The Bertz CT molecular complexity index is 580. The highest BCUT2D eigenvalue weighted by atomic mass is 16.4. The number of aromatic carboxylic acids is 1. The standard InChI is InChI=1S/C12H12N4O2/c1-8-14-15-9(2)16(8)13-7-10-3-5-11(6-4-10)12(17)18/h3-7H,1-2H3,(H,17,18)/p-1/b13-7-. The van der Waals surface area contributed by atoms with Gasteiger partial charge in [0.15, 0.2) is 11.6 Å². The summed E-state index contributed by atoms with van der Waals surface area (Å²) in [6.45, 7) is 3.60. The van der Waals surface area contributed by atoms with Crippen molar-refractivity contribution >= 4 is 12.2 Å². The average molecular weight is 243 g/mol. The predicted molar refractivity (Wildman–Crippen MR) is 63.3 cm³/mol. The van der Waals surface area contributed by atoms with Crippen LogP contribution in [0.4, 0.5) is 0 Å². The third-order valence-corrected chi connectivity index (χ3v) is 2.42. The van der Waals surface area contributed by atoms with Crippen LogP contribution >= 0.6 is 0 Å². The van der Waals surface area contributed by atoms with E-state index in [0.717, 1.165) is 5.56 Å². The first-order valence-electron chi connectivity index (χ1n) is 5.32. The molecule has 0 aliphatic heterocycles. The highest BCUT2D eigenvalue weighted by Gasteiger charge is 2.01. The lowest BCUT2D eigenvalue weighted by Gasteiger charge is -2.01. The van der Waals surface area contributed by atoms with E-state index >= 15 is 0 Å². The van der Waals surface area contributed by atoms with E-state index in [9.17, 15) is 9.90 Å². The van der Waals surface area contributed by atoms with Crippen LogP contribution in [0.2, 0.25) is 0 Å². The summed E-state index contributed by atoms with van der Waals surface area (Å²) >= 11 is 0. The largest absolute Gasteiger partial charge is 0.545 e. The van der Waals surface area contributed by atoms with Gasteiger partial charge in [0.25, 0.3) is 0 Å². The summed E-state index contributed by atoms with van der Waals surface area (Å²) in [7, 11) is 0. The molecule has 0 bridgehead atoms. The lowest BCUT2D eigenvalue weighted by Crippen LogP contribution is -2.21. The molecule has 0 radical (unpaired) electrons. The normalized spacial score (nSPS) is 11.0. The van der Waals surface area contributed by atoms with Crippen LogP contribution in [0.1, 0.15) is 27.6 Å². The zero-order chi connectivity index (χ0) is 13.1. The summed E-state index contributed by atoms with van der Waals surface area (Å²) in [4.78, 5) is 10.6. The molecule has 2 rings (SSSR count). The van der Waals surface area contributed by atoms with Crippen molar-refractivity contribution in [1.82, 2.24) is 14.9 Å². The van der Waals surface area contributed by atoms with Crippen molar-refractivity contribution in [2.24, 2.45) is 5.10 Å². The maximum atomic E-state index is 10.6. The molecule has 1 aromatic carbocycles. The van der Waals surface area contributed by atoms with Gasteiger partial charge in [-0.25, -0.2) is 4.68 Å². The molecule has 0 saturated heterocycles. The van der Waals surface area contributed by atoms with Gasteiger partial charge in [-0.15, -0.1) is 10.2 Å². The Labute approximate surface area is 104 Å². The second-order valence-corrected chi connectivity index (χ2v) is 3.76. The number of carbonyl (C=O) groups excluding carboxylic acids is 1. The van der Waals surface area contributed by atoms with Crippen molar-refractivity contribution in [3.63, 3.8) is 0 Å². The second-order valence-electron chi connectivity index (χ2n) is 3.76. The van der Waals surface area contributed by atoms with Crippen LogP contribution in [0, 0.1) is 13.8 Å². The number of aromatic nitrogens is 3. The molecule has 0 aliphatic rings. The Morgan fingerprint density at radius 3 is 2.28 bits per heavy atom. The van der Waals surface area contributed by atoms with E-state index < -0.39 is 5.97 Å². The number of carboxylic acid groups (broad SMARTS) is 1. The molecule has 0 saturated carbocycles. The Balaban J connectivity index is 2.21. The first-order valence-corrected chi connectivity index (χ1v) is 5.32. The van der Waals surface area contributed by atoms with Crippen molar-refractivity contribution in [2.75, 3.05) is 0 Å². The van der Waals surface area contributed by atoms with Gasteiger partial charge in [0, 0.05) is 0 Å². The van der Waals surface area contributed by atoms with Gasteiger partial charge in [-0.05, 0) is 25.0 Å². The molecular weight excluding hydrogens is 232 g/mol. The minimum atomic E-state index is -1.19. The Morgan fingerprint density at radius 2 is 1.78 bits per heavy atom. The minimum absolute atomic E-state index is 0.142. The third kappa shape index (κ3) is 2.42. The molecule has 6 nitrogen and oxygen atoms in total. The van der Waals surface area contributed by atoms with Gasteiger partial charge >= 0.3 is 0 Å². The molecule has 0 aliphatic carbocycles. The zero-order valence-electron chi connectivity index (χ0n) is 9.99. The topological polar surface area (TPSA) is 83.2 Å². The van der Waals surface area contributed by atoms with Gasteiger partial charge in [0.1, 0.15) is 0 Å². The fourth-order valence-corrected chi connectivity index (χ4v) is 1.46. The van der Waals surface area contributed by atoms with E-state index in [4.69, 9.17) is 0 Å². The van der Waals surface area contributed by atoms with Crippen LogP contribution in [0.25, 0.3) is 0 Å². The Kier molecular flexibility index (Phi) is 3.18. The summed E-state index contributed by atoms with van der Waals surface area (Å²) in [5, 5.41) is 22.6. The van der Waals surface area contributed by atoms with Gasteiger partial charge < -0.3 is 9.90 Å². The first-order chi connectivity index (χ1) is 8.58. The van der Waals surface area contributed by atoms with Crippen molar-refractivity contribution in [3.8, 4) is 0 Å². The fraction of sp³-hybridized carbons (Fsp3) is 0.167. The molecule has 0 unspecified atom stereocenters. The fourth-order valence-electron chi connectivity index (χ4n) is 1.46. The quantitative estimate of drug-likeness (QED) is 0.718. The van der Waals surface area contributed by atoms with Crippen LogP contribution in [-0.4, -0.2) is 27.1 Å². The lowest BCUT2D eigenvalue weighted by molar-refractivity contribution is -0.255. The SMILES string of the molecule is Cc1nnc(C)n1/N=C\c1ccc(C(=O)[O-])cc1. The van der Waals surface area contributed by atoms with Gasteiger partial charge in [-0.2, -0.15) is 5.10 Å². The molecule has 2 aromatic rings. The van der Waals surface area contributed by atoms with Crippen LogP contribution in [-0.2, 0) is 0 Å². The van der Waals surface area contributed by atoms with Crippen LogP contribution in [0.5, 0.6) is 0 Å². The average Bonchev–Trinajstić information content (AvgIpc) is 2.67. The molecule has 0 amide bonds. The molecule has 0 atom stereocenters. The van der Waals surface area contributed by atoms with Crippen molar-refractivity contribution in [1.29, 1.82) is 0 Å². The van der Waals surface area contributed by atoms with Crippen molar-refractivity contribution in [2.45, 2.75) is 13.8 Å². The lowest BCUT2D eigenvalue weighted by atomic mass is 10.1. The minimum Gasteiger partial charge on any atom is -0.545 e. The third-order valence-electron chi connectivity index (χ3n) is 2.42. The highest BCUT2D eigenvalue weighted by Crippen LogP contribution is 2.03. The predicted octanol–water partition coefficient (Wildman–Crippen LogP) is 0.141. The number of rotatable bonds is 3. The number of carbonyl (C=O) groups is 1. The number of hydrogen-bond acceptors (Lipinski definition) is 5. The summed E-state index contributed by atoms with van der Waals surface area (Å²) in [6, 6.07) is 6.26. The second kappa shape index (κ2) is 4.79. The Morgan fingerprint density at radius 1 is 1.22 bits per heavy atom. The zero-order valence-corrected chi connectivity index (χ0v) is 9.99. The molecule has 0 N–H and O–H groups in total. The number of nitrogens with zero attached hydrogens (tertiary/aromatic N) is 4. The van der Waals surface area contributed by atoms with E-state index in [1.54, 1.807) is 36.9 Å². The molecule has 18 heavy (non-hydrogen) atoms. The summed E-state index contributed by atoms with van der Waals surface area (Å²) in [6.07, 6.45) is 1.61. The first kappa shape index (κ1) is 12.0. The maximum absolute atomic E-state index is 10.6. The van der Waals surface area contributed by atoms with Crippen LogP contribution in [0.15, 0.2) is 29.4 Å². The molecule has 0 spiro atoms. The van der Waals surface area contributed by atoms with E-state index in [2.05, 4.69) is 15.3 Å². The van der Waals surface area contributed by atoms with E-state index in [1.165, 1.54) is 12.1 Å². The Hall–Kier alpha value is -2.50. The summed E-state index contributed by atoms with van der Waals surface area (Å²) in [5.74, 6) is 0.189. The summed E-state index contributed by atoms with van der Waals surface area (Å²) in [5.41, 5.74) is 0.927. The molecule has 0 fully saturated rings.